The van der Waals surface area contributed by atoms with Gasteiger partial charge in [0.25, 0.3) is 0 Å². The van der Waals surface area contributed by atoms with Crippen molar-refractivity contribution in [1.82, 2.24) is 0 Å². The lowest BCUT2D eigenvalue weighted by Crippen LogP contribution is -2.52. The Kier molecular flexibility index (Phi) is 4.42. The zero-order valence-electron chi connectivity index (χ0n) is 15.0. The van der Waals surface area contributed by atoms with Gasteiger partial charge in [0.15, 0.2) is 0 Å². The van der Waals surface area contributed by atoms with Gasteiger partial charge in [0.05, 0.1) is 6.10 Å². The van der Waals surface area contributed by atoms with Crippen molar-refractivity contribution in [3.05, 3.63) is 23.8 Å². The fraction of sp³-hybridized carbons (Fsp3) is 0.750. The second kappa shape index (κ2) is 5.99. The van der Waals surface area contributed by atoms with E-state index in [1.54, 1.807) is 0 Å². The molecule has 0 radical (unpaired) electrons. The second-order valence-electron chi connectivity index (χ2n) is 8.54. The number of carbonyl (C=O) groups excluding carboxylic acids is 1. The first kappa shape index (κ1) is 17.7. The molecule has 0 aromatic carbocycles. The minimum atomic E-state index is -1.07. The van der Waals surface area contributed by atoms with Gasteiger partial charge >= 0.3 is 5.97 Å². The Morgan fingerprint density at radius 3 is 2.62 bits per heavy atom. The van der Waals surface area contributed by atoms with E-state index in [1.807, 2.05) is 0 Å². The van der Waals surface area contributed by atoms with Crippen LogP contribution in [0.2, 0.25) is 0 Å². The molecule has 0 saturated heterocycles. The van der Waals surface area contributed by atoms with Crippen LogP contribution in [0.1, 0.15) is 59.3 Å². The number of aliphatic hydroxyl groups is 2. The number of hydrogen-bond donors (Lipinski definition) is 2. The Labute approximate surface area is 144 Å². The average Bonchev–Trinajstić information content (AvgIpc) is 2.85. The molecule has 3 aliphatic rings. The number of cyclic esters (lactones) is 1. The predicted octanol–water partition coefficient (Wildman–Crippen LogP) is 3.34. The number of esters is 1. The molecule has 2 N–H and O–H groups in total. The van der Waals surface area contributed by atoms with E-state index in [4.69, 9.17) is 4.74 Å². The van der Waals surface area contributed by atoms with Gasteiger partial charge < -0.3 is 14.9 Å². The summed E-state index contributed by atoms with van der Waals surface area (Å²) in [5.41, 5.74) is 1.77. The van der Waals surface area contributed by atoms with E-state index in [2.05, 4.69) is 27.4 Å². The van der Waals surface area contributed by atoms with Crippen LogP contribution in [0.15, 0.2) is 23.8 Å². The monoisotopic (exact) mass is 334 g/mol. The summed E-state index contributed by atoms with van der Waals surface area (Å²) in [6, 6.07) is 0. The lowest BCUT2D eigenvalue weighted by molar-refractivity contribution is -0.151. The van der Waals surface area contributed by atoms with E-state index in [1.165, 1.54) is 6.08 Å². The third-order valence-corrected chi connectivity index (χ3v) is 7.45. The van der Waals surface area contributed by atoms with Gasteiger partial charge in [0.2, 0.25) is 6.29 Å². The van der Waals surface area contributed by atoms with E-state index in [0.717, 1.165) is 37.7 Å². The summed E-state index contributed by atoms with van der Waals surface area (Å²) in [7, 11) is 0. The number of carbonyl (C=O) groups is 1. The third kappa shape index (κ3) is 2.64. The second-order valence-corrected chi connectivity index (χ2v) is 8.54. The lowest BCUT2D eigenvalue weighted by atomic mass is 9.46. The molecule has 1 aliphatic heterocycles. The van der Waals surface area contributed by atoms with Crippen LogP contribution in [0.5, 0.6) is 0 Å². The van der Waals surface area contributed by atoms with Crippen LogP contribution >= 0.6 is 0 Å². The van der Waals surface area contributed by atoms with E-state index < -0.39 is 12.3 Å². The molecule has 0 aromatic heterocycles. The van der Waals surface area contributed by atoms with Gasteiger partial charge in [-0.15, -0.1) is 0 Å². The zero-order chi connectivity index (χ0) is 17.7. The topological polar surface area (TPSA) is 66.8 Å². The van der Waals surface area contributed by atoms with Crippen LogP contribution < -0.4 is 0 Å². The van der Waals surface area contributed by atoms with Crippen molar-refractivity contribution in [3.63, 3.8) is 0 Å². The van der Waals surface area contributed by atoms with Crippen LogP contribution in [0.4, 0.5) is 0 Å². The van der Waals surface area contributed by atoms with Crippen molar-refractivity contribution in [3.8, 4) is 0 Å². The molecule has 4 nitrogen and oxygen atoms in total. The highest BCUT2D eigenvalue weighted by atomic mass is 16.6. The maximum atomic E-state index is 11.3. The number of ether oxygens (including phenoxy) is 1. The number of fused-ring (bicyclic) bond motifs is 1. The zero-order valence-corrected chi connectivity index (χ0v) is 15.0. The summed E-state index contributed by atoms with van der Waals surface area (Å²) in [5, 5.41) is 20.1. The van der Waals surface area contributed by atoms with Crippen molar-refractivity contribution in [2.75, 3.05) is 0 Å². The predicted molar refractivity (Wildman–Crippen MR) is 91.9 cm³/mol. The van der Waals surface area contributed by atoms with Gasteiger partial charge in [0, 0.05) is 11.6 Å². The summed E-state index contributed by atoms with van der Waals surface area (Å²) < 4.78 is 4.81. The van der Waals surface area contributed by atoms with Crippen LogP contribution in [0.3, 0.4) is 0 Å². The lowest BCUT2D eigenvalue weighted by Gasteiger charge is -2.59. The van der Waals surface area contributed by atoms with Crippen LogP contribution in [-0.2, 0) is 9.53 Å². The average molecular weight is 334 g/mol. The van der Waals surface area contributed by atoms with Crippen LogP contribution in [-0.4, -0.2) is 28.6 Å². The maximum Gasteiger partial charge on any atom is 0.333 e. The normalized spacial score (nSPS) is 45.6. The molecule has 6 atom stereocenters. The maximum absolute atomic E-state index is 11.3. The van der Waals surface area contributed by atoms with Crippen molar-refractivity contribution in [2.45, 2.75) is 71.7 Å². The largest absolute Gasteiger partial charge is 0.429 e. The minimum Gasteiger partial charge on any atom is -0.429 e. The highest BCUT2D eigenvalue weighted by Gasteiger charge is 2.55. The fourth-order valence-corrected chi connectivity index (χ4v) is 5.48. The number of aliphatic hydroxyl groups excluding tert-OH is 2. The van der Waals surface area contributed by atoms with Crippen LogP contribution in [0.25, 0.3) is 0 Å². The highest BCUT2D eigenvalue weighted by Crippen LogP contribution is 2.62. The molecule has 4 heteroatoms. The Bertz CT molecular complexity index is 580. The Balaban J connectivity index is 1.82. The molecule has 0 spiro atoms. The first-order chi connectivity index (χ1) is 11.2. The fourth-order valence-electron chi connectivity index (χ4n) is 5.48. The molecule has 2 aliphatic carbocycles. The summed E-state index contributed by atoms with van der Waals surface area (Å²) >= 11 is 0. The van der Waals surface area contributed by atoms with Gasteiger partial charge in [0.1, 0.15) is 0 Å². The molecule has 1 heterocycles. The number of hydrogen-bond acceptors (Lipinski definition) is 4. The summed E-state index contributed by atoms with van der Waals surface area (Å²) in [5.74, 6) is 0.591. The molecule has 0 unspecified atom stereocenters. The van der Waals surface area contributed by atoms with Crippen LogP contribution in [0, 0.1) is 22.7 Å². The smallest absolute Gasteiger partial charge is 0.333 e. The Morgan fingerprint density at radius 1 is 1.29 bits per heavy atom. The number of rotatable bonds is 3. The first-order valence-corrected chi connectivity index (χ1v) is 9.15. The first-order valence-electron chi connectivity index (χ1n) is 9.15. The Morgan fingerprint density at radius 2 is 2.00 bits per heavy atom. The van der Waals surface area contributed by atoms with Gasteiger partial charge in [-0.2, -0.15) is 0 Å². The summed E-state index contributed by atoms with van der Waals surface area (Å²) in [6.45, 7) is 11.2. The van der Waals surface area contributed by atoms with Crippen molar-refractivity contribution >= 4 is 5.97 Å². The minimum absolute atomic E-state index is 0.0199. The SMILES string of the molecule is C=C1[C@H](O)CC[C@@H]2[C@@](C)(CCC3=CC(=O)O[C@@H]3O)[C@H](C)CC[C@@]12C. The molecule has 0 amide bonds. The molecule has 2 saturated carbocycles. The van der Waals surface area contributed by atoms with E-state index in [9.17, 15) is 15.0 Å². The molecule has 134 valence electrons. The molecule has 24 heavy (non-hydrogen) atoms. The molecule has 2 fully saturated rings. The molecular formula is C20H30O4. The third-order valence-electron chi connectivity index (χ3n) is 7.45. The van der Waals surface area contributed by atoms with Gasteiger partial charge in [-0.1, -0.05) is 27.4 Å². The summed E-state index contributed by atoms with van der Waals surface area (Å²) in [4.78, 5) is 11.3. The molecule has 0 bridgehead atoms. The van der Waals surface area contributed by atoms with Crippen molar-refractivity contribution in [1.29, 1.82) is 0 Å². The quantitative estimate of drug-likeness (QED) is 0.614. The van der Waals surface area contributed by atoms with E-state index >= 15 is 0 Å². The highest BCUT2D eigenvalue weighted by molar-refractivity contribution is 5.85. The Hall–Kier alpha value is -1.13. The van der Waals surface area contributed by atoms with Crippen molar-refractivity contribution < 1.29 is 19.7 Å². The van der Waals surface area contributed by atoms with Gasteiger partial charge in [-0.3, -0.25) is 0 Å². The molecular weight excluding hydrogens is 304 g/mol. The summed E-state index contributed by atoms with van der Waals surface area (Å²) in [6.07, 6.45) is 5.56. The molecule has 3 rings (SSSR count). The molecule has 0 aromatic rings. The van der Waals surface area contributed by atoms with E-state index in [-0.39, 0.29) is 16.9 Å². The van der Waals surface area contributed by atoms with Crippen molar-refractivity contribution in [2.24, 2.45) is 22.7 Å². The van der Waals surface area contributed by atoms with Gasteiger partial charge in [-0.25, -0.2) is 4.79 Å². The van der Waals surface area contributed by atoms with E-state index in [0.29, 0.717) is 23.8 Å². The van der Waals surface area contributed by atoms with Gasteiger partial charge in [-0.05, 0) is 66.8 Å². The standard InChI is InChI=1S/C20H30O4/c1-12-7-9-20(4)13(2)15(21)5-6-16(20)19(12,3)10-8-14-11-17(22)24-18(14)23/h11-12,15-16,18,21,23H,2,5-10H2,1,3-4H3/t12-,15-,16-,18+,19+,20+/m1/s1.